The van der Waals surface area contributed by atoms with Gasteiger partial charge in [-0.15, -0.1) is 0 Å². The molecule has 0 saturated carbocycles. The summed E-state index contributed by atoms with van der Waals surface area (Å²) < 4.78 is 33.0. The summed E-state index contributed by atoms with van der Waals surface area (Å²) in [5.41, 5.74) is 5.86. The number of phenolic OH excluding ortho intramolecular Hbond substituents is 2. The van der Waals surface area contributed by atoms with Crippen molar-refractivity contribution in [3.63, 3.8) is 0 Å². The summed E-state index contributed by atoms with van der Waals surface area (Å²) in [4.78, 5) is 10.4. The molecule has 0 heterocycles. The van der Waals surface area contributed by atoms with Crippen LogP contribution in [0.4, 0.5) is 0 Å². The highest BCUT2D eigenvalue weighted by Gasteiger charge is 2.12. The quantitative estimate of drug-likeness (QED) is 0.148. The number of nitrogens with two attached hydrogens (primary N) is 1. The van der Waals surface area contributed by atoms with Gasteiger partial charge in [-0.2, -0.15) is 8.42 Å². The Morgan fingerprint density at radius 1 is 0.968 bits per heavy atom. The Bertz CT molecular complexity index is 724. The van der Waals surface area contributed by atoms with Gasteiger partial charge in [0.05, 0.1) is 6.61 Å². The topological polar surface area (TPSA) is 167 Å². The molecule has 6 N–H and O–H groups in total. The predicted octanol–water partition coefficient (Wildman–Crippen LogP) is 3.78. The Labute approximate surface area is 185 Å². The standard InChI is InChI=1S/C12H26O4S.C9H11NO4/c1-2-3-4-5-6-7-8-9-10-11-12-16-17(13,14)15;10-6(9(13)14)3-5-1-2-7(11)8(12)4-5/h2-12H2,1H3,(H,13,14,15);1-2,4,6,11-12H,3,10H2,(H,13,14)/t;6-/m.0/s1. The van der Waals surface area contributed by atoms with E-state index in [-0.39, 0.29) is 24.5 Å². The third kappa shape index (κ3) is 17.5. The van der Waals surface area contributed by atoms with E-state index >= 15 is 0 Å². The molecular formula is C21H37NO8S. The van der Waals surface area contributed by atoms with Crippen LogP contribution in [0.15, 0.2) is 18.2 Å². The zero-order valence-corrected chi connectivity index (χ0v) is 19.0. The van der Waals surface area contributed by atoms with Crippen LogP contribution in [0.3, 0.4) is 0 Å². The average molecular weight is 464 g/mol. The molecule has 31 heavy (non-hydrogen) atoms. The molecule has 1 rings (SSSR count). The Hall–Kier alpha value is -1.88. The molecule has 0 amide bonds. The molecular weight excluding hydrogens is 426 g/mol. The minimum Gasteiger partial charge on any atom is -0.504 e. The fourth-order valence-electron chi connectivity index (χ4n) is 2.79. The monoisotopic (exact) mass is 463 g/mol. The van der Waals surface area contributed by atoms with Gasteiger partial charge in [-0.05, 0) is 30.5 Å². The fourth-order valence-corrected chi connectivity index (χ4v) is 3.12. The lowest BCUT2D eigenvalue weighted by Crippen LogP contribution is -2.32. The lowest BCUT2D eigenvalue weighted by atomic mass is 10.1. The summed E-state index contributed by atoms with van der Waals surface area (Å²) in [6, 6.07) is 3.09. The number of aliphatic carboxylic acids is 1. The van der Waals surface area contributed by atoms with Crippen molar-refractivity contribution in [1.29, 1.82) is 0 Å². The molecule has 0 aliphatic carbocycles. The number of carboxylic acid groups (broad SMARTS) is 1. The van der Waals surface area contributed by atoms with E-state index in [0.717, 1.165) is 12.8 Å². The van der Waals surface area contributed by atoms with E-state index in [1.807, 2.05) is 0 Å². The van der Waals surface area contributed by atoms with Crippen LogP contribution in [0.5, 0.6) is 11.5 Å². The van der Waals surface area contributed by atoms with Crippen molar-refractivity contribution < 1.29 is 37.3 Å². The Balaban J connectivity index is 0.000000590. The molecule has 1 aromatic rings. The molecule has 0 aromatic heterocycles. The number of rotatable bonds is 15. The first-order chi connectivity index (χ1) is 14.6. The molecule has 180 valence electrons. The van der Waals surface area contributed by atoms with E-state index in [0.29, 0.717) is 12.0 Å². The number of carbonyl (C=O) groups is 1. The molecule has 0 fully saturated rings. The molecule has 1 atom stereocenters. The van der Waals surface area contributed by atoms with Gasteiger partial charge >= 0.3 is 16.4 Å². The molecule has 9 nitrogen and oxygen atoms in total. The molecule has 0 aliphatic rings. The second kappa shape index (κ2) is 16.8. The van der Waals surface area contributed by atoms with Crippen molar-refractivity contribution in [1.82, 2.24) is 0 Å². The maximum atomic E-state index is 10.4. The summed E-state index contributed by atoms with van der Waals surface area (Å²) in [7, 11) is -4.23. The summed E-state index contributed by atoms with van der Waals surface area (Å²) in [6.07, 6.45) is 12.0. The van der Waals surface area contributed by atoms with Crippen LogP contribution < -0.4 is 5.73 Å². The molecule has 0 unspecified atom stereocenters. The van der Waals surface area contributed by atoms with E-state index in [1.54, 1.807) is 0 Å². The molecule has 10 heteroatoms. The Morgan fingerprint density at radius 2 is 1.48 bits per heavy atom. The van der Waals surface area contributed by atoms with Crippen molar-refractivity contribution in [2.75, 3.05) is 6.61 Å². The average Bonchev–Trinajstić information content (AvgIpc) is 2.68. The predicted molar refractivity (Wildman–Crippen MR) is 118 cm³/mol. The van der Waals surface area contributed by atoms with Gasteiger partial charge in [-0.25, -0.2) is 4.18 Å². The number of unbranched alkanes of at least 4 members (excludes halogenated alkanes) is 9. The number of benzene rings is 1. The van der Waals surface area contributed by atoms with Crippen molar-refractivity contribution in [2.45, 2.75) is 83.6 Å². The van der Waals surface area contributed by atoms with Crippen molar-refractivity contribution in [2.24, 2.45) is 5.73 Å². The van der Waals surface area contributed by atoms with Gasteiger partial charge in [0.25, 0.3) is 0 Å². The van der Waals surface area contributed by atoms with E-state index in [2.05, 4.69) is 11.1 Å². The highest BCUT2D eigenvalue weighted by Crippen LogP contribution is 2.25. The molecule has 0 spiro atoms. The molecule has 0 aliphatic heterocycles. The number of phenols is 2. The summed E-state index contributed by atoms with van der Waals surface area (Å²) in [5.74, 6) is -1.62. The first kappa shape index (κ1) is 29.1. The number of carboxylic acids is 1. The summed E-state index contributed by atoms with van der Waals surface area (Å²) >= 11 is 0. The Kier molecular flexibility index (Phi) is 15.8. The second-order valence-electron chi connectivity index (χ2n) is 7.40. The highest BCUT2D eigenvalue weighted by molar-refractivity contribution is 7.80. The van der Waals surface area contributed by atoms with Crippen molar-refractivity contribution >= 4 is 16.4 Å². The van der Waals surface area contributed by atoms with Crippen LogP contribution in [0, 0.1) is 0 Å². The maximum Gasteiger partial charge on any atom is 0.397 e. The van der Waals surface area contributed by atoms with Crippen LogP contribution in [0.1, 0.15) is 76.7 Å². The molecule has 0 bridgehead atoms. The van der Waals surface area contributed by atoms with E-state index in [4.69, 9.17) is 25.6 Å². The zero-order chi connectivity index (χ0) is 23.7. The normalized spacial score (nSPS) is 12.1. The van der Waals surface area contributed by atoms with Crippen molar-refractivity contribution in [3.8, 4) is 11.5 Å². The van der Waals surface area contributed by atoms with Crippen LogP contribution >= 0.6 is 0 Å². The zero-order valence-electron chi connectivity index (χ0n) is 18.2. The lowest BCUT2D eigenvalue weighted by Gasteiger charge is -2.06. The minimum atomic E-state index is -4.23. The molecule has 0 saturated heterocycles. The summed E-state index contributed by atoms with van der Waals surface area (Å²) in [5, 5.41) is 26.6. The lowest BCUT2D eigenvalue weighted by molar-refractivity contribution is -0.138. The van der Waals surface area contributed by atoms with E-state index in [1.165, 1.54) is 63.1 Å². The second-order valence-corrected chi connectivity index (χ2v) is 8.49. The maximum absolute atomic E-state index is 10.4. The van der Waals surface area contributed by atoms with Gasteiger partial charge in [0.15, 0.2) is 11.5 Å². The van der Waals surface area contributed by atoms with Crippen LogP contribution in [-0.2, 0) is 25.8 Å². The third-order valence-electron chi connectivity index (χ3n) is 4.54. The summed E-state index contributed by atoms with van der Waals surface area (Å²) in [6.45, 7) is 2.31. The Morgan fingerprint density at radius 3 is 1.94 bits per heavy atom. The minimum absolute atomic E-state index is 0.0926. The van der Waals surface area contributed by atoms with Gasteiger partial charge in [0.1, 0.15) is 6.04 Å². The number of hydrogen-bond donors (Lipinski definition) is 5. The van der Waals surface area contributed by atoms with Gasteiger partial charge in [0.2, 0.25) is 0 Å². The van der Waals surface area contributed by atoms with E-state index in [9.17, 15) is 13.2 Å². The smallest absolute Gasteiger partial charge is 0.397 e. The van der Waals surface area contributed by atoms with Crippen LogP contribution in [-0.4, -0.2) is 46.9 Å². The number of hydrogen-bond acceptors (Lipinski definition) is 7. The van der Waals surface area contributed by atoms with Crippen LogP contribution in [0.25, 0.3) is 0 Å². The largest absolute Gasteiger partial charge is 0.504 e. The first-order valence-electron chi connectivity index (χ1n) is 10.7. The molecule has 0 radical (unpaired) electrons. The van der Waals surface area contributed by atoms with Crippen molar-refractivity contribution in [3.05, 3.63) is 23.8 Å². The van der Waals surface area contributed by atoms with E-state index < -0.39 is 22.4 Å². The number of aromatic hydroxyl groups is 2. The van der Waals surface area contributed by atoms with Gasteiger partial charge in [-0.1, -0.05) is 70.8 Å². The van der Waals surface area contributed by atoms with Crippen LogP contribution in [0.2, 0.25) is 0 Å². The highest BCUT2D eigenvalue weighted by atomic mass is 32.3. The molecule has 1 aromatic carbocycles. The van der Waals surface area contributed by atoms with Gasteiger partial charge in [-0.3, -0.25) is 9.35 Å². The fraction of sp³-hybridized carbons (Fsp3) is 0.667. The van der Waals surface area contributed by atoms with Gasteiger partial charge < -0.3 is 21.1 Å². The SMILES string of the molecule is CCCCCCCCCCCCOS(=O)(=O)O.N[C@@H](Cc1ccc(O)c(O)c1)C(=O)O. The first-order valence-corrected chi connectivity index (χ1v) is 12.0. The third-order valence-corrected chi connectivity index (χ3v) is 5.01. The van der Waals surface area contributed by atoms with Gasteiger partial charge in [0, 0.05) is 0 Å².